The number of benzene rings is 1. The van der Waals surface area contributed by atoms with Crippen LogP contribution in [0.3, 0.4) is 0 Å². The number of anilines is 1. The summed E-state index contributed by atoms with van der Waals surface area (Å²) in [7, 11) is 1.68. The summed E-state index contributed by atoms with van der Waals surface area (Å²) in [5.41, 5.74) is 1.76. The summed E-state index contributed by atoms with van der Waals surface area (Å²) >= 11 is 5.65. The maximum atomic E-state index is 12.3. The number of amides is 2. The molecule has 1 fully saturated rings. The van der Waals surface area contributed by atoms with Gasteiger partial charge in [-0.2, -0.15) is 0 Å². The van der Waals surface area contributed by atoms with Gasteiger partial charge in [0.25, 0.3) is 0 Å². The number of ether oxygens (including phenoxy) is 1. The van der Waals surface area contributed by atoms with E-state index in [9.17, 15) is 9.59 Å². The number of unbranched alkanes of at least 4 members (excludes halogenated alkanes) is 3. The van der Waals surface area contributed by atoms with Crippen LogP contribution in [0.5, 0.6) is 0 Å². The Morgan fingerprint density at radius 2 is 2.12 bits per heavy atom. The van der Waals surface area contributed by atoms with E-state index in [1.165, 1.54) is 4.90 Å². The van der Waals surface area contributed by atoms with Crippen molar-refractivity contribution in [1.82, 2.24) is 4.90 Å². The molecule has 1 N–H and O–H groups in total. The fraction of sp³-hybridized carbons (Fsp3) is 0.579. The van der Waals surface area contributed by atoms with Crippen LogP contribution in [-0.2, 0) is 20.9 Å². The van der Waals surface area contributed by atoms with E-state index in [2.05, 4.69) is 5.32 Å². The van der Waals surface area contributed by atoms with Gasteiger partial charge in [-0.25, -0.2) is 0 Å². The molecule has 2 amide bonds. The molecule has 0 bridgehead atoms. The van der Waals surface area contributed by atoms with Crippen LogP contribution >= 0.6 is 11.6 Å². The molecule has 0 aliphatic carbocycles. The zero-order chi connectivity index (χ0) is 18.1. The fourth-order valence-corrected chi connectivity index (χ4v) is 3.11. The van der Waals surface area contributed by atoms with Crippen LogP contribution in [0.25, 0.3) is 0 Å². The minimum Gasteiger partial charge on any atom is -0.377 e. The predicted octanol–water partition coefficient (Wildman–Crippen LogP) is 3.56. The van der Waals surface area contributed by atoms with E-state index in [0.717, 1.165) is 49.4 Å². The minimum absolute atomic E-state index is 0.0216. The Labute approximate surface area is 154 Å². The highest BCUT2D eigenvalue weighted by atomic mass is 35.5. The molecule has 0 radical (unpaired) electrons. The second-order valence-electron chi connectivity index (χ2n) is 6.40. The van der Waals surface area contributed by atoms with Gasteiger partial charge in [0.1, 0.15) is 6.04 Å². The molecule has 1 saturated heterocycles. The molecule has 1 aliphatic heterocycles. The van der Waals surface area contributed by atoms with Gasteiger partial charge in [0.15, 0.2) is 0 Å². The Hall–Kier alpha value is -1.59. The van der Waals surface area contributed by atoms with Gasteiger partial charge in [-0.1, -0.05) is 25.0 Å². The van der Waals surface area contributed by atoms with E-state index >= 15 is 0 Å². The van der Waals surface area contributed by atoms with Crippen molar-refractivity contribution in [2.75, 3.05) is 24.9 Å². The summed E-state index contributed by atoms with van der Waals surface area (Å²) < 4.78 is 5.69. The van der Waals surface area contributed by atoms with Crippen LogP contribution in [0.15, 0.2) is 24.3 Å². The minimum atomic E-state index is -0.375. The quantitative estimate of drug-likeness (QED) is 0.508. The zero-order valence-electron chi connectivity index (χ0n) is 14.8. The molecule has 1 unspecified atom stereocenters. The molecule has 5 nitrogen and oxygen atoms in total. The zero-order valence-corrected chi connectivity index (χ0v) is 15.6. The second kappa shape index (κ2) is 10.4. The Bertz CT molecular complexity index is 580. The lowest BCUT2D eigenvalue weighted by Gasteiger charge is -2.19. The van der Waals surface area contributed by atoms with Crippen LogP contribution in [-0.4, -0.2) is 42.3 Å². The van der Waals surface area contributed by atoms with Crippen molar-refractivity contribution in [3.05, 3.63) is 29.8 Å². The number of carbonyl (C=O) groups excluding carboxylic acids is 2. The highest BCUT2D eigenvalue weighted by Crippen LogP contribution is 2.19. The monoisotopic (exact) mass is 366 g/mol. The first kappa shape index (κ1) is 19.7. The first-order valence-corrected chi connectivity index (χ1v) is 9.44. The van der Waals surface area contributed by atoms with Crippen LogP contribution in [0.4, 0.5) is 5.69 Å². The van der Waals surface area contributed by atoms with E-state index in [1.54, 1.807) is 7.05 Å². The molecule has 0 aromatic heterocycles. The summed E-state index contributed by atoms with van der Waals surface area (Å²) in [5.74, 6) is 0.614. The lowest BCUT2D eigenvalue weighted by atomic mass is 10.1. The van der Waals surface area contributed by atoms with Crippen LogP contribution in [0.1, 0.15) is 44.1 Å². The number of rotatable bonds is 10. The molecule has 25 heavy (non-hydrogen) atoms. The van der Waals surface area contributed by atoms with E-state index in [-0.39, 0.29) is 17.9 Å². The average Bonchev–Trinajstić information content (AvgIpc) is 2.94. The standard InChI is InChI=1S/C19H27ClN2O3/c1-22-17(9-10-18(22)23)19(24)21-16-8-6-7-15(13-16)14-25-12-5-3-2-4-11-20/h6-8,13,17H,2-5,9-12,14H2,1H3,(H,21,24). The van der Waals surface area contributed by atoms with Crippen LogP contribution in [0.2, 0.25) is 0 Å². The molecule has 0 saturated carbocycles. The van der Waals surface area contributed by atoms with Crippen molar-refractivity contribution in [3.8, 4) is 0 Å². The maximum absolute atomic E-state index is 12.3. The molecule has 1 aliphatic rings. The van der Waals surface area contributed by atoms with Crippen molar-refractivity contribution in [3.63, 3.8) is 0 Å². The summed E-state index contributed by atoms with van der Waals surface area (Å²) in [5, 5.41) is 2.90. The van der Waals surface area contributed by atoms with Gasteiger partial charge in [-0.15, -0.1) is 11.6 Å². The second-order valence-corrected chi connectivity index (χ2v) is 6.78. The summed E-state index contributed by atoms with van der Waals surface area (Å²) in [6, 6.07) is 7.28. The number of likely N-dealkylation sites (N-methyl/N-ethyl adjacent to an activating group) is 1. The summed E-state index contributed by atoms with van der Waals surface area (Å²) in [6.07, 6.45) is 5.39. The van der Waals surface area contributed by atoms with Crippen LogP contribution in [0, 0.1) is 0 Å². The predicted molar refractivity (Wildman–Crippen MR) is 99.7 cm³/mol. The first-order valence-electron chi connectivity index (χ1n) is 8.91. The van der Waals surface area contributed by atoms with E-state index in [1.807, 2.05) is 24.3 Å². The third-order valence-electron chi connectivity index (χ3n) is 4.43. The third-order valence-corrected chi connectivity index (χ3v) is 4.70. The van der Waals surface area contributed by atoms with E-state index in [0.29, 0.717) is 19.4 Å². The van der Waals surface area contributed by atoms with Gasteiger partial charge >= 0.3 is 0 Å². The molecule has 1 aromatic rings. The van der Waals surface area contributed by atoms with Crippen LogP contribution < -0.4 is 5.32 Å². The first-order chi connectivity index (χ1) is 12.1. The molecule has 6 heteroatoms. The Balaban J connectivity index is 1.75. The highest BCUT2D eigenvalue weighted by Gasteiger charge is 2.33. The number of hydrogen-bond acceptors (Lipinski definition) is 3. The van der Waals surface area contributed by atoms with Crippen molar-refractivity contribution >= 4 is 29.1 Å². The molecule has 0 spiro atoms. The molecular formula is C19H27ClN2O3. The SMILES string of the molecule is CN1C(=O)CCC1C(=O)Nc1cccc(COCCCCCCCl)c1. The molecule has 1 atom stereocenters. The van der Waals surface area contributed by atoms with Gasteiger partial charge in [0, 0.05) is 31.6 Å². The summed E-state index contributed by atoms with van der Waals surface area (Å²) in [6.45, 7) is 1.26. The molecule has 1 heterocycles. The number of hydrogen-bond donors (Lipinski definition) is 1. The Kier molecular flexibility index (Phi) is 8.22. The van der Waals surface area contributed by atoms with Gasteiger partial charge in [-0.3, -0.25) is 9.59 Å². The van der Waals surface area contributed by atoms with Crippen molar-refractivity contribution in [2.45, 2.75) is 51.2 Å². The van der Waals surface area contributed by atoms with Crippen molar-refractivity contribution in [2.24, 2.45) is 0 Å². The van der Waals surface area contributed by atoms with Crippen molar-refractivity contribution in [1.29, 1.82) is 0 Å². The maximum Gasteiger partial charge on any atom is 0.247 e. The lowest BCUT2D eigenvalue weighted by molar-refractivity contribution is -0.131. The topological polar surface area (TPSA) is 58.6 Å². The Morgan fingerprint density at radius 3 is 2.84 bits per heavy atom. The molecule has 138 valence electrons. The number of alkyl halides is 1. The molecular weight excluding hydrogens is 340 g/mol. The number of likely N-dealkylation sites (tertiary alicyclic amines) is 1. The smallest absolute Gasteiger partial charge is 0.247 e. The highest BCUT2D eigenvalue weighted by molar-refractivity contribution is 6.17. The Morgan fingerprint density at radius 1 is 1.32 bits per heavy atom. The van der Waals surface area contributed by atoms with Gasteiger partial charge < -0.3 is 15.0 Å². The van der Waals surface area contributed by atoms with E-state index < -0.39 is 0 Å². The van der Waals surface area contributed by atoms with Gasteiger partial charge in [0.2, 0.25) is 11.8 Å². The van der Waals surface area contributed by atoms with Gasteiger partial charge in [-0.05, 0) is 37.0 Å². The number of halogens is 1. The van der Waals surface area contributed by atoms with E-state index in [4.69, 9.17) is 16.3 Å². The number of nitrogens with one attached hydrogen (secondary N) is 1. The number of nitrogens with zero attached hydrogens (tertiary/aromatic N) is 1. The lowest BCUT2D eigenvalue weighted by Crippen LogP contribution is -2.38. The fourth-order valence-electron chi connectivity index (χ4n) is 2.92. The normalized spacial score (nSPS) is 17.1. The van der Waals surface area contributed by atoms with Gasteiger partial charge in [0.05, 0.1) is 6.61 Å². The summed E-state index contributed by atoms with van der Waals surface area (Å²) in [4.78, 5) is 25.4. The number of carbonyl (C=O) groups is 2. The van der Waals surface area contributed by atoms with Crippen molar-refractivity contribution < 1.29 is 14.3 Å². The largest absolute Gasteiger partial charge is 0.377 e. The third kappa shape index (κ3) is 6.33. The average molecular weight is 367 g/mol. The molecule has 1 aromatic carbocycles. The molecule has 2 rings (SSSR count).